The lowest BCUT2D eigenvalue weighted by atomic mass is 10.0. The maximum atomic E-state index is 12.4. The minimum Gasteiger partial charge on any atom is -0.467 e. The Labute approximate surface area is 218 Å². The number of nitrogens with one attached hydrogen (secondary N) is 2. The van der Waals surface area contributed by atoms with Gasteiger partial charge in [-0.3, -0.25) is 14.6 Å². The molecule has 4 rings (SSSR count). The van der Waals surface area contributed by atoms with Gasteiger partial charge in [-0.25, -0.2) is 14.8 Å². The van der Waals surface area contributed by atoms with Crippen molar-refractivity contribution in [2.45, 2.75) is 39.9 Å². The van der Waals surface area contributed by atoms with Crippen LogP contribution in [0.5, 0.6) is 0 Å². The third-order valence-corrected chi connectivity index (χ3v) is 6.57. The summed E-state index contributed by atoms with van der Waals surface area (Å²) in [5.41, 5.74) is 2.89. The predicted octanol–water partition coefficient (Wildman–Crippen LogP) is 3.52. The monoisotopic (exact) mass is 504 g/mol. The van der Waals surface area contributed by atoms with E-state index in [4.69, 9.17) is 14.7 Å². The number of piperazine rings is 1. The second-order valence-electron chi connectivity index (χ2n) is 9.83. The number of anilines is 2. The van der Waals surface area contributed by atoms with Crippen molar-refractivity contribution < 1.29 is 14.3 Å². The number of hydrogen-bond acceptors (Lipinski definition) is 8. The lowest BCUT2D eigenvalue weighted by molar-refractivity contribution is -0.142. The number of rotatable bonds is 9. The maximum absolute atomic E-state index is 12.4. The largest absolute Gasteiger partial charge is 0.467 e. The van der Waals surface area contributed by atoms with Crippen LogP contribution < -0.4 is 10.6 Å². The van der Waals surface area contributed by atoms with Crippen molar-refractivity contribution in [2.24, 2.45) is 5.92 Å². The molecule has 1 fully saturated rings. The van der Waals surface area contributed by atoms with E-state index >= 15 is 0 Å². The summed E-state index contributed by atoms with van der Waals surface area (Å²) >= 11 is 0. The van der Waals surface area contributed by atoms with E-state index in [1.54, 1.807) is 0 Å². The number of benzene rings is 2. The summed E-state index contributed by atoms with van der Waals surface area (Å²) in [6.07, 6.45) is 0. The van der Waals surface area contributed by atoms with E-state index in [1.807, 2.05) is 50.2 Å². The molecule has 2 heterocycles. The molecule has 1 aliphatic rings. The highest BCUT2D eigenvalue weighted by Crippen LogP contribution is 2.23. The number of carbonyl (C=O) groups excluding carboxylic acids is 2. The SMILES string of the molecule is COC(=O)[C@@H](Nc1nc(CN2CCN(Cc3ccc(NC(C)=O)cc3)CC2)nc2ccccc12)C(C)C. The Morgan fingerprint density at radius 1 is 0.946 bits per heavy atom. The highest BCUT2D eigenvalue weighted by Gasteiger charge is 2.25. The molecule has 37 heavy (non-hydrogen) atoms. The van der Waals surface area contributed by atoms with Crippen LogP contribution in [0.2, 0.25) is 0 Å². The van der Waals surface area contributed by atoms with E-state index < -0.39 is 6.04 Å². The lowest BCUT2D eigenvalue weighted by Crippen LogP contribution is -2.45. The molecule has 0 bridgehead atoms. The number of amides is 1. The van der Waals surface area contributed by atoms with Crippen LogP contribution in [-0.2, 0) is 27.4 Å². The molecular formula is C28H36N6O3. The van der Waals surface area contributed by atoms with Crippen molar-refractivity contribution in [3.63, 3.8) is 0 Å². The molecule has 0 saturated carbocycles. The Morgan fingerprint density at radius 3 is 2.22 bits per heavy atom. The third kappa shape index (κ3) is 7.02. The Kier molecular flexibility index (Phi) is 8.68. The molecule has 0 aliphatic carbocycles. The Bertz CT molecular complexity index is 1220. The molecule has 9 heteroatoms. The van der Waals surface area contributed by atoms with Crippen LogP contribution in [0.4, 0.5) is 11.5 Å². The van der Waals surface area contributed by atoms with Crippen LogP contribution in [0.3, 0.4) is 0 Å². The van der Waals surface area contributed by atoms with Gasteiger partial charge in [0.25, 0.3) is 0 Å². The van der Waals surface area contributed by atoms with Crippen LogP contribution in [0.25, 0.3) is 10.9 Å². The number of hydrogen-bond donors (Lipinski definition) is 2. The van der Waals surface area contributed by atoms with Gasteiger partial charge >= 0.3 is 5.97 Å². The molecule has 0 spiro atoms. The van der Waals surface area contributed by atoms with Crippen LogP contribution >= 0.6 is 0 Å². The fraction of sp³-hybridized carbons (Fsp3) is 0.429. The van der Waals surface area contributed by atoms with Crippen molar-refractivity contribution in [3.8, 4) is 0 Å². The summed E-state index contributed by atoms with van der Waals surface area (Å²) in [5.74, 6) is 1.06. The number of fused-ring (bicyclic) bond motifs is 1. The van der Waals surface area contributed by atoms with E-state index in [0.29, 0.717) is 12.4 Å². The Balaban J connectivity index is 1.40. The number of carbonyl (C=O) groups is 2. The van der Waals surface area contributed by atoms with Gasteiger partial charge in [-0.15, -0.1) is 0 Å². The third-order valence-electron chi connectivity index (χ3n) is 6.57. The van der Waals surface area contributed by atoms with Gasteiger partial charge in [-0.2, -0.15) is 0 Å². The van der Waals surface area contributed by atoms with Crippen LogP contribution in [0.15, 0.2) is 48.5 Å². The fourth-order valence-electron chi connectivity index (χ4n) is 4.54. The van der Waals surface area contributed by atoms with Crippen molar-refractivity contribution in [1.29, 1.82) is 0 Å². The van der Waals surface area contributed by atoms with Gasteiger partial charge in [0.15, 0.2) is 0 Å². The quantitative estimate of drug-likeness (QED) is 0.427. The van der Waals surface area contributed by atoms with Crippen molar-refractivity contribution in [3.05, 3.63) is 59.9 Å². The molecule has 2 N–H and O–H groups in total. The Hall–Kier alpha value is -3.56. The zero-order chi connectivity index (χ0) is 26.4. The van der Waals surface area contributed by atoms with Crippen molar-refractivity contribution in [2.75, 3.05) is 43.9 Å². The molecule has 196 valence electrons. The summed E-state index contributed by atoms with van der Waals surface area (Å²) in [7, 11) is 1.41. The van der Waals surface area contributed by atoms with Crippen molar-refractivity contribution >= 4 is 34.3 Å². The first-order valence-electron chi connectivity index (χ1n) is 12.7. The average Bonchev–Trinajstić information content (AvgIpc) is 2.88. The van der Waals surface area contributed by atoms with Gasteiger partial charge in [0, 0.05) is 50.7 Å². The summed E-state index contributed by atoms with van der Waals surface area (Å²) in [4.78, 5) is 38.0. The fourth-order valence-corrected chi connectivity index (χ4v) is 4.54. The number of aromatic nitrogens is 2. The molecule has 1 aliphatic heterocycles. The summed E-state index contributed by atoms with van der Waals surface area (Å²) in [6, 6.07) is 15.4. The molecule has 1 amide bonds. The van der Waals surface area contributed by atoms with E-state index in [2.05, 4.69) is 32.6 Å². The summed E-state index contributed by atoms with van der Waals surface area (Å²) in [5, 5.41) is 7.01. The van der Waals surface area contributed by atoms with Crippen LogP contribution in [-0.4, -0.2) is 71.0 Å². The first-order chi connectivity index (χ1) is 17.8. The molecule has 3 aromatic rings. The summed E-state index contributed by atoms with van der Waals surface area (Å²) in [6.45, 7) is 10.7. The van der Waals surface area contributed by atoms with Crippen LogP contribution in [0, 0.1) is 5.92 Å². The number of ether oxygens (including phenoxy) is 1. The van der Waals surface area contributed by atoms with Crippen molar-refractivity contribution in [1.82, 2.24) is 19.8 Å². The number of methoxy groups -OCH3 is 1. The number of nitrogens with zero attached hydrogens (tertiary/aromatic N) is 4. The normalized spacial score (nSPS) is 15.5. The summed E-state index contributed by atoms with van der Waals surface area (Å²) < 4.78 is 5.01. The maximum Gasteiger partial charge on any atom is 0.328 e. The Morgan fingerprint density at radius 2 is 1.59 bits per heavy atom. The second-order valence-corrected chi connectivity index (χ2v) is 9.83. The molecule has 9 nitrogen and oxygen atoms in total. The minimum atomic E-state index is -0.494. The molecule has 0 radical (unpaired) electrons. The van der Waals surface area contributed by atoms with Gasteiger partial charge in [-0.1, -0.05) is 38.1 Å². The standard InChI is InChI=1S/C28H36N6O3/c1-19(2)26(28(36)37-4)32-27-23-7-5-6-8-24(23)30-25(31-27)18-34-15-13-33(14-16-34)17-21-9-11-22(12-10-21)29-20(3)35/h5-12,19,26H,13-18H2,1-4H3,(H,29,35)(H,30,31,32)/t26-/m0/s1. The predicted molar refractivity (Wildman–Crippen MR) is 145 cm³/mol. The highest BCUT2D eigenvalue weighted by molar-refractivity contribution is 5.91. The van der Waals surface area contributed by atoms with Gasteiger partial charge in [0.1, 0.15) is 17.7 Å². The number of esters is 1. The molecule has 1 saturated heterocycles. The first-order valence-corrected chi connectivity index (χ1v) is 12.7. The second kappa shape index (κ2) is 12.1. The smallest absolute Gasteiger partial charge is 0.328 e. The highest BCUT2D eigenvalue weighted by atomic mass is 16.5. The molecule has 0 unspecified atom stereocenters. The van der Waals surface area contributed by atoms with E-state index in [-0.39, 0.29) is 17.8 Å². The topological polar surface area (TPSA) is 99.7 Å². The van der Waals surface area contributed by atoms with Gasteiger partial charge in [0.05, 0.1) is 19.2 Å². The van der Waals surface area contributed by atoms with Crippen LogP contribution in [0.1, 0.15) is 32.2 Å². The molecule has 1 atom stereocenters. The number of para-hydroxylation sites is 1. The zero-order valence-corrected chi connectivity index (χ0v) is 22.0. The molecule has 2 aromatic carbocycles. The average molecular weight is 505 g/mol. The van der Waals surface area contributed by atoms with E-state index in [1.165, 1.54) is 19.6 Å². The van der Waals surface area contributed by atoms with Gasteiger partial charge in [0.2, 0.25) is 5.91 Å². The first kappa shape index (κ1) is 26.5. The van der Waals surface area contributed by atoms with Gasteiger partial charge < -0.3 is 15.4 Å². The lowest BCUT2D eigenvalue weighted by Gasteiger charge is -2.34. The minimum absolute atomic E-state index is 0.0410. The van der Waals surface area contributed by atoms with E-state index in [9.17, 15) is 9.59 Å². The van der Waals surface area contributed by atoms with E-state index in [0.717, 1.165) is 55.1 Å². The zero-order valence-electron chi connectivity index (χ0n) is 22.0. The molecule has 1 aromatic heterocycles. The van der Waals surface area contributed by atoms with Gasteiger partial charge in [-0.05, 0) is 35.7 Å². The molecular weight excluding hydrogens is 468 g/mol.